The van der Waals surface area contributed by atoms with Crippen LogP contribution in [0.4, 0.5) is 29.0 Å². The molecule has 0 atom stereocenters. The quantitative estimate of drug-likeness (QED) is 0.0620. The molecule has 2 heterocycles. The van der Waals surface area contributed by atoms with E-state index < -0.39 is 0 Å². The summed E-state index contributed by atoms with van der Waals surface area (Å²) < 4.78 is 4.18. The number of carbonyl (C=O) groups is 1. The first-order valence-corrected chi connectivity index (χ1v) is 22.2. The molecule has 11 heteroatoms. The molecular weight excluding hydrogens is 787 g/mol. The number of nitrogen functional groups attached to an aromatic ring is 2. The summed E-state index contributed by atoms with van der Waals surface area (Å²) in [7, 11) is 0. The molecule has 0 aliphatic rings. The first kappa shape index (κ1) is 42.6. The van der Waals surface area contributed by atoms with Gasteiger partial charge in [0.1, 0.15) is 0 Å². The summed E-state index contributed by atoms with van der Waals surface area (Å²) in [5, 5.41) is 3.71. The van der Waals surface area contributed by atoms with E-state index in [9.17, 15) is 4.79 Å². The van der Waals surface area contributed by atoms with Crippen molar-refractivity contribution in [3.63, 3.8) is 0 Å². The van der Waals surface area contributed by atoms with Gasteiger partial charge in [-0.2, -0.15) is 0 Å². The van der Waals surface area contributed by atoms with Crippen LogP contribution < -0.4 is 21.7 Å². The molecule has 7 aromatic rings. The van der Waals surface area contributed by atoms with E-state index in [2.05, 4.69) is 99.5 Å². The zero-order valence-electron chi connectivity index (χ0n) is 34.6. The standard InChI is InChI=1S/C49H56Cl2N8O/c1-2-3-4-5-6-7-8-12-27-57(42-24-26-46-44(34-42)56-49(53)59(46)28-13-17-35-15-10-9-11-16-35)41-22-19-36(20-23-41)18-14-29-58-45-25-21-40(33-43(45)55-48(58)52)54-47(60)37-30-38(50)32-39(51)31-37/h9-11,15-16,19-26,30-34H,2-8,12-14,17-18,27-29H2,1H3,(H2,52,55)(H2,53,56)(H,54,60). The molecule has 0 unspecified atom stereocenters. The fourth-order valence-corrected chi connectivity index (χ4v) is 8.60. The number of imidazole rings is 2. The zero-order chi connectivity index (χ0) is 41.8. The molecule has 0 aliphatic heterocycles. The van der Waals surface area contributed by atoms with Crippen LogP contribution in [0, 0.1) is 0 Å². The van der Waals surface area contributed by atoms with Crippen molar-refractivity contribution in [1.29, 1.82) is 0 Å². The fraction of sp³-hybridized carbons (Fsp3) is 0.327. The Balaban J connectivity index is 0.997. The predicted molar refractivity (Wildman–Crippen MR) is 252 cm³/mol. The number of nitrogens with zero attached hydrogens (tertiary/aromatic N) is 5. The van der Waals surface area contributed by atoms with Crippen LogP contribution in [0.3, 0.4) is 0 Å². The number of carbonyl (C=O) groups excluding carboxylic acids is 1. The van der Waals surface area contributed by atoms with Crippen molar-refractivity contribution in [3.8, 4) is 0 Å². The lowest BCUT2D eigenvalue weighted by atomic mass is 10.1. The van der Waals surface area contributed by atoms with Crippen LogP contribution >= 0.6 is 23.2 Å². The van der Waals surface area contributed by atoms with Crippen molar-refractivity contribution >= 4 is 80.1 Å². The summed E-state index contributed by atoms with van der Waals surface area (Å²) in [6, 6.07) is 36.6. The predicted octanol–water partition coefficient (Wildman–Crippen LogP) is 12.7. The van der Waals surface area contributed by atoms with E-state index in [-0.39, 0.29) is 5.91 Å². The Labute approximate surface area is 363 Å². The number of halogens is 2. The second-order valence-corrected chi connectivity index (χ2v) is 16.6. The molecule has 0 aliphatic carbocycles. The van der Waals surface area contributed by atoms with Crippen molar-refractivity contribution in [2.75, 3.05) is 28.2 Å². The van der Waals surface area contributed by atoms with Gasteiger partial charge in [0, 0.05) is 52.3 Å². The number of hydrogen-bond donors (Lipinski definition) is 3. The molecule has 9 nitrogen and oxygen atoms in total. The number of unbranched alkanes of at least 4 members (excludes halogenated alkanes) is 7. The number of anilines is 5. The van der Waals surface area contributed by atoms with Gasteiger partial charge in [0.05, 0.1) is 22.1 Å². The van der Waals surface area contributed by atoms with Crippen molar-refractivity contribution in [2.45, 2.75) is 97.1 Å². The monoisotopic (exact) mass is 842 g/mol. The van der Waals surface area contributed by atoms with E-state index in [1.807, 2.05) is 22.8 Å². The topological polar surface area (TPSA) is 120 Å². The smallest absolute Gasteiger partial charge is 0.255 e. The molecule has 60 heavy (non-hydrogen) atoms. The molecule has 312 valence electrons. The lowest BCUT2D eigenvalue weighted by Crippen LogP contribution is -2.18. The summed E-state index contributed by atoms with van der Waals surface area (Å²) >= 11 is 12.2. The highest BCUT2D eigenvalue weighted by Gasteiger charge is 2.16. The van der Waals surface area contributed by atoms with E-state index in [1.165, 1.54) is 61.8 Å². The van der Waals surface area contributed by atoms with E-state index in [0.717, 1.165) is 67.4 Å². The second-order valence-electron chi connectivity index (χ2n) is 15.7. The van der Waals surface area contributed by atoms with Crippen molar-refractivity contribution in [3.05, 3.63) is 136 Å². The summed E-state index contributed by atoms with van der Waals surface area (Å²) in [6.07, 6.45) is 14.0. The molecule has 5 N–H and O–H groups in total. The van der Waals surface area contributed by atoms with Crippen LogP contribution in [0.2, 0.25) is 10.0 Å². The highest BCUT2D eigenvalue weighted by molar-refractivity contribution is 6.35. The Bertz CT molecular complexity index is 2480. The minimum Gasteiger partial charge on any atom is -0.369 e. The van der Waals surface area contributed by atoms with Gasteiger partial charge in [-0.15, -0.1) is 0 Å². The Morgan fingerprint density at radius 1 is 0.617 bits per heavy atom. The lowest BCUT2D eigenvalue weighted by molar-refractivity contribution is 0.102. The van der Waals surface area contributed by atoms with Crippen molar-refractivity contribution in [1.82, 2.24) is 19.1 Å². The number of rotatable bonds is 21. The van der Waals surface area contributed by atoms with E-state index in [1.54, 1.807) is 18.2 Å². The largest absolute Gasteiger partial charge is 0.369 e. The molecule has 7 rings (SSSR count). The number of nitrogens with two attached hydrogens (primary N) is 2. The zero-order valence-corrected chi connectivity index (χ0v) is 36.1. The minimum absolute atomic E-state index is 0.308. The van der Waals surface area contributed by atoms with Crippen LogP contribution in [0.25, 0.3) is 22.1 Å². The van der Waals surface area contributed by atoms with Gasteiger partial charge in [0.2, 0.25) is 11.9 Å². The van der Waals surface area contributed by atoms with Gasteiger partial charge < -0.3 is 30.8 Å². The van der Waals surface area contributed by atoms with Gasteiger partial charge in [-0.05, 0) is 110 Å². The lowest BCUT2D eigenvalue weighted by Gasteiger charge is -2.25. The van der Waals surface area contributed by atoms with Gasteiger partial charge in [-0.3, -0.25) is 4.79 Å². The molecule has 0 fully saturated rings. The molecule has 0 bridgehead atoms. The molecule has 0 saturated heterocycles. The Morgan fingerprint density at radius 2 is 1.17 bits per heavy atom. The minimum atomic E-state index is -0.308. The van der Waals surface area contributed by atoms with Crippen LogP contribution in [0.5, 0.6) is 0 Å². The van der Waals surface area contributed by atoms with E-state index in [4.69, 9.17) is 39.7 Å². The molecule has 0 saturated carbocycles. The van der Waals surface area contributed by atoms with Crippen LogP contribution in [0.1, 0.15) is 92.6 Å². The third-order valence-corrected chi connectivity index (χ3v) is 11.7. The van der Waals surface area contributed by atoms with Gasteiger partial charge in [-0.25, -0.2) is 9.97 Å². The van der Waals surface area contributed by atoms with Crippen LogP contribution in [0.15, 0.2) is 109 Å². The normalized spacial score (nSPS) is 11.4. The van der Waals surface area contributed by atoms with Gasteiger partial charge in [-0.1, -0.05) is 118 Å². The first-order chi connectivity index (χ1) is 29.2. The SMILES string of the molecule is CCCCCCCCCCN(c1ccc(CCCn2c(N)nc3cc(NC(=O)c4cc(Cl)cc(Cl)c4)ccc32)cc1)c1ccc2c(c1)nc(N)n2CCCc1ccccc1. The third kappa shape index (κ3) is 11.0. The molecule has 2 aromatic heterocycles. The van der Waals surface area contributed by atoms with Crippen molar-refractivity contribution in [2.24, 2.45) is 0 Å². The van der Waals surface area contributed by atoms with Gasteiger partial charge >= 0.3 is 0 Å². The number of benzene rings is 5. The number of aryl methyl sites for hydroxylation is 4. The van der Waals surface area contributed by atoms with Crippen LogP contribution in [-0.4, -0.2) is 31.6 Å². The molecule has 0 radical (unpaired) electrons. The van der Waals surface area contributed by atoms with Crippen LogP contribution in [-0.2, 0) is 25.9 Å². The van der Waals surface area contributed by atoms with Crippen molar-refractivity contribution < 1.29 is 4.79 Å². The van der Waals surface area contributed by atoms with E-state index >= 15 is 0 Å². The average molecular weight is 844 g/mol. The number of nitrogens with one attached hydrogen (secondary N) is 1. The summed E-state index contributed by atoms with van der Waals surface area (Å²) in [5.41, 5.74) is 22.4. The summed E-state index contributed by atoms with van der Waals surface area (Å²) in [4.78, 5) is 24.7. The Hall–Kier alpha value is -5.51. The molecule has 0 spiro atoms. The molecular formula is C49H56Cl2N8O. The van der Waals surface area contributed by atoms with Gasteiger partial charge in [0.25, 0.3) is 5.91 Å². The molecule has 1 amide bonds. The Morgan fingerprint density at radius 3 is 1.80 bits per heavy atom. The van der Waals surface area contributed by atoms with E-state index in [0.29, 0.717) is 45.3 Å². The number of hydrogen-bond acceptors (Lipinski definition) is 6. The number of fused-ring (bicyclic) bond motifs is 2. The second kappa shape index (κ2) is 20.6. The summed E-state index contributed by atoms with van der Waals surface area (Å²) in [5.74, 6) is 0.698. The maximum atomic E-state index is 12.9. The average Bonchev–Trinajstić information content (AvgIpc) is 3.73. The fourth-order valence-electron chi connectivity index (χ4n) is 8.07. The number of amides is 1. The first-order valence-electron chi connectivity index (χ1n) is 21.4. The third-order valence-electron chi connectivity index (χ3n) is 11.3. The summed E-state index contributed by atoms with van der Waals surface area (Å²) in [6.45, 7) is 4.74. The number of aromatic nitrogens is 4. The highest BCUT2D eigenvalue weighted by Crippen LogP contribution is 2.31. The molecule has 5 aromatic carbocycles. The van der Waals surface area contributed by atoms with Gasteiger partial charge in [0.15, 0.2) is 0 Å². The maximum Gasteiger partial charge on any atom is 0.255 e. The Kier molecular flexibility index (Phi) is 14.7. The maximum absolute atomic E-state index is 12.9. The highest BCUT2D eigenvalue weighted by atomic mass is 35.5.